The molecule has 0 amide bonds. The standard InChI is InChI=1S/C16H23BrN4/c1-12-5-2-3-8-20(12)9-4-10-21-15-11-13(17)6-7-14(15)19-16(21)18/h6-7,11-12H,2-5,8-10H2,1H3,(H2,18,19). The van der Waals surface area contributed by atoms with Gasteiger partial charge in [0.25, 0.3) is 0 Å². The first kappa shape index (κ1) is 14.9. The average molecular weight is 351 g/mol. The zero-order valence-electron chi connectivity index (χ0n) is 12.6. The fraction of sp³-hybridized carbons (Fsp3) is 0.562. The topological polar surface area (TPSA) is 47.1 Å². The van der Waals surface area contributed by atoms with Crippen LogP contribution in [0.25, 0.3) is 11.0 Å². The van der Waals surface area contributed by atoms with E-state index < -0.39 is 0 Å². The SMILES string of the molecule is CC1CCCCN1CCCn1c(N)nc2ccc(Br)cc21. The molecule has 1 saturated heterocycles. The number of hydrogen-bond acceptors (Lipinski definition) is 3. The summed E-state index contributed by atoms with van der Waals surface area (Å²) in [6.07, 6.45) is 5.17. The summed E-state index contributed by atoms with van der Waals surface area (Å²) < 4.78 is 3.20. The number of anilines is 1. The molecule has 0 spiro atoms. The maximum atomic E-state index is 6.07. The van der Waals surface area contributed by atoms with E-state index in [1.807, 2.05) is 12.1 Å². The number of benzene rings is 1. The van der Waals surface area contributed by atoms with Crippen LogP contribution in [0, 0.1) is 0 Å². The first-order chi connectivity index (χ1) is 10.1. The summed E-state index contributed by atoms with van der Waals surface area (Å²) in [5, 5.41) is 0. The number of nitrogens with zero attached hydrogens (tertiary/aromatic N) is 3. The van der Waals surface area contributed by atoms with Crippen molar-refractivity contribution in [3.8, 4) is 0 Å². The predicted octanol–water partition coefficient (Wildman–Crippen LogP) is 3.65. The van der Waals surface area contributed by atoms with Gasteiger partial charge in [0.15, 0.2) is 0 Å². The lowest BCUT2D eigenvalue weighted by atomic mass is 10.0. The molecule has 1 unspecified atom stereocenters. The van der Waals surface area contributed by atoms with Crippen LogP contribution in [0.15, 0.2) is 22.7 Å². The van der Waals surface area contributed by atoms with Gasteiger partial charge in [-0.2, -0.15) is 0 Å². The third-order valence-corrected chi connectivity index (χ3v) is 5.00. The van der Waals surface area contributed by atoms with Gasteiger partial charge in [-0.05, 0) is 50.9 Å². The summed E-state index contributed by atoms with van der Waals surface area (Å²) >= 11 is 3.52. The first-order valence-electron chi connectivity index (χ1n) is 7.80. The molecule has 1 aliphatic rings. The second-order valence-electron chi connectivity index (χ2n) is 5.99. The molecule has 1 aromatic heterocycles. The van der Waals surface area contributed by atoms with Gasteiger partial charge in [-0.3, -0.25) is 0 Å². The molecule has 0 radical (unpaired) electrons. The van der Waals surface area contributed by atoms with E-state index in [2.05, 4.69) is 43.4 Å². The summed E-state index contributed by atoms with van der Waals surface area (Å²) in [5.74, 6) is 0.620. The Labute approximate surface area is 134 Å². The maximum absolute atomic E-state index is 6.07. The first-order valence-corrected chi connectivity index (χ1v) is 8.60. The summed E-state index contributed by atoms with van der Waals surface area (Å²) in [6.45, 7) is 5.67. The van der Waals surface area contributed by atoms with Crippen LogP contribution in [-0.2, 0) is 6.54 Å². The van der Waals surface area contributed by atoms with E-state index in [-0.39, 0.29) is 0 Å². The third-order valence-electron chi connectivity index (χ3n) is 4.51. The molecule has 4 nitrogen and oxygen atoms in total. The number of fused-ring (bicyclic) bond motifs is 1. The van der Waals surface area contributed by atoms with Crippen molar-refractivity contribution in [3.63, 3.8) is 0 Å². The molecule has 2 N–H and O–H groups in total. The fourth-order valence-corrected chi connectivity index (χ4v) is 3.62. The van der Waals surface area contributed by atoms with Crippen molar-refractivity contribution in [1.29, 1.82) is 0 Å². The minimum Gasteiger partial charge on any atom is -0.369 e. The van der Waals surface area contributed by atoms with Crippen LogP contribution in [0.1, 0.15) is 32.6 Å². The van der Waals surface area contributed by atoms with Gasteiger partial charge in [0.05, 0.1) is 11.0 Å². The summed E-state index contributed by atoms with van der Waals surface area (Å²) in [4.78, 5) is 7.05. The van der Waals surface area contributed by atoms with Gasteiger partial charge in [0.1, 0.15) is 0 Å². The molecule has 0 aliphatic carbocycles. The average Bonchev–Trinajstić information content (AvgIpc) is 2.77. The number of nitrogen functional groups attached to an aromatic ring is 1. The molecule has 0 saturated carbocycles. The van der Waals surface area contributed by atoms with Crippen LogP contribution in [0.5, 0.6) is 0 Å². The predicted molar refractivity (Wildman–Crippen MR) is 91.3 cm³/mol. The van der Waals surface area contributed by atoms with Gasteiger partial charge in [-0.15, -0.1) is 0 Å². The number of aryl methyl sites for hydroxylation is 1. The van der Waals surface area contributed by atoms with Crippen molar-refractivity contribution < 1.29 is 0 Å². The lowest BCUT2D eigenvalue weighted by Crippen LogP contribution is -2.38. The van der Waals surface area contributed by atoms with E-state index >= 15 is 0 Å². The van der Waals surface area contributed by atoms with Crippen molar-refractivity contribution >= 4 is 32.9 Å². The van der Waals surface area contributed by atoms with Gasteiger partial charge in [-0.25, -0.2) is 4.98 Å². The van der Waals surface area contributed by atoms with Crippen LogP contribution in [0.3, 0.4) is 0 Å². The summed E-state index contributed by atoms with van der Waals surface area (Å²) in [5.41, 5.74) is 8.17. The number of likely N-dealkylation sites (tertiary alicyclic amines) is 1. The van der Waals surface area contributed by atoms with Crippen molar-refractivity contribution in [1.82, 2.24) is 14.5 Å². The Morgan fingerprint density at radius 1 is 1.33 bits per heavy atom. The molecule has 1 aromatic carbocycles. The van der Waals surface area contributed by atoms with Gasteiger partial charge in [-0.1, -0.05) is 22.4 Å². The van der Waals surface area contributed by atoms with Gasteiger partial charge in [0.2, 0.25) is 5.95 Å². The van der Waals surface area contributed by atoms with E-state index in [4.69, 9.17) is 5.73 Å². The third kappa shape index (κ3) is 3.24. The van der Waals surface area contributed by atoms with E-state index in [1.165, 1.54) is 25.8 Å². The molecule has 0 bridgehead atoms. The summed E-state index contributed by atoms with van der Waals surface area (Å²) in [7, 11) is 0. The van der Waals surface area contributed by atoms with E-state index in [1.54, 1.807) is 0 Å². The number of hydrogen-bond donors (Lipinski definition) is 1. The minimum absolute atomic E-state index is 0.620. The number of rotatable bonds is 4. The number of piperidine rings is 1. The highest BCUT2D eigenvalue weighted by atomic mass is 79.9. The normalized spacial score (nSPS) is 20.2. The Morgan fingerprint density at radius 2 is 2.19 bits per heavy atom. The largest absolute Gasteiger partial charge is 0.369 e. The second kappa shape index (κ2) is 6.36. The van der Waals surface area contributed by atoms with E-state index in [9.17, 15) is 0 Å². The van der Waals surface area contributed by atoms with Crippen LogP contribution < -0.4 is 5.73 Å². The van der Waals surface area contributed by atoms with E-state index in [0.717, 1.165) is 41.1 Å². The molecule has 2 aromatic rings. The molecule has 21 heavy (non-hydrogen) atoms. The molecule has 1 atom stereocenters. The van der Waals surface area contributed by atoms with Gasteiger partial charge < -0.3 is 15.2 Å². The molecule has 1 fully saturated rings. The molecule has 3 rings (SSSR count). The number of imidazole rings is 1. The second-order valence-corrected chi connectivity index (χ2v) is 6.90. The lowest BCUT2D eigenvalue weighted by Gasteiger charge is -2.33. The molecule has 114 valence electrons. The fourth-order valence-electron chi connectivity index (χ4n) is 3.27. The van der Waals surface area contributed by atoms with E-state index in [0.29, 0.717) is 5.95 Å². The van der Waals surface area contributed by atoms with Crippen molar-refractivity contribution in [2.45, 2.75) is 45.2 Å². The summed E-state index contributed by atoms with van der Waals surface area (Å²) in [6, 6.07) is 6.85. The Kier molecular flexibility index (Phi) is 4.50. The number of nitrogens with two attached hydrogens (primary N) is 1. The molecule has 1 aliphatic heterocycles. The zero-order chi connectivity index (χ0) is 14.8. The van der Waals surface area contributed by atoms with Crippen LogP contribution >= 0.6 is 15.9 Å². The Balaban J connectivity index is 1.67. The smallest absolute Gasteiger partial charge is 0.201 e. The molecule has 5 heteroatoms. The van der Waals surface area contributed by atoms with Crippen molar-refractivity contribution in [3.05, 3.63) is 22.7 Å². The van der Waals surface area contributed by atoms with Crippen molar-refractivity contribution in [2.24, 2.45) is 0 Å². The van der Waals surface area contributed by atoms with Crippen LogP contribution in [0.2, 0.25) is 0 Å². The highest BCUT2D eigenvalue weighted by molar-refractivity contribution is 9.10. The van der Waals surface area contributed by atoms with Gasteiger partial charge >= 0.3 is 0 Å². The molecular formula is C16H23BrN4. The highest BCUT2D eigenvalue weighted by Gasteiger charge is 2.17. The Bertz CT molecular complexity index is 622. The Morgan fingerprint density at radius 3 is 3.00 bits per heavy atom. The molecule has 2 heterocycles. The van der Waals surface area contributed by atoms with Crippen LogP contribution in [-0.4, -0.2) is 33.6 Å². The van der Waals surface area contributed by atoms with Crippen molar-refractivity contribution in [2.75, 3.05) is 18.8 Å². The monoisotopic (exact) mass is 350 g/mol. The molecular weight excluding hydrogens is 328 g/mol. The number of aromatic nitrogens is 2. The maximum Gasteiger partial charge on any atom is 0.201 e. The Hall–Kier alpha value is -1.07. The number of halogens is 1. The zero-order valence-corrected chi connectivity index (χ0v) is 14.1. The lowest BCUT2D eigenvalue weighted by molar-refractivity contribution is 0.157. The minimum atomic E-state index is 0.620. The van der Waals surface area contributed by atoms with Crippen LogP contribution in [0.4, 0.5) is 5.95 Å². The highest BCUT2D eigenvalue weighted by Crippen LogP contribution is 2.23. The quantitative estimate of drug-likeness (QED) is 0.915. The van der Waals surface area contributed by atoms with Gasteiger partial charge in [0, 0.05) is 23.6 Å².